The second-order valence-electron chi connectivity index (χ2n) is 4.73. The van der Waals surface area contributed by atoms with Gasteiger partial charge in [-0.2, -0.15) is 0 Å². The lowest BCUT2D eigenvalue weighted by molar-refractivity contribution is 0.970. The Kier molecular flexibility index (Phi) is 2.63. The number of hydrogen-bond donors (Lipinski definition) is 2. The van der Waals surface area contributed by atoms with E-state index >= 15 is 0 Å². The summed E-state index contributed by atoms with van der Waals surface area (Å²) in [6.45, 7) is 2.00. The highest BCUT2D eigenvalue weighted by Gasteiger charge is 2.08. The van der Waals surface area contributed by atoms with E-state index in [9.17, 15) is 0 Å². The molecule has 0 bridgehead atoms. The van der Waals surface area contributed by atoms with Crippen molar-refractivity contribution in [1.29, 1.82) is 0 Å². The number of fused-ring (bicyclic) bond motifs is 1. The van der Waals surface area contributed by atoms with Crippen LogP contribution in [0.5, 0.6) is 0 Å². The van der Waals surface area contributed by atoms with Crippen LogP contribution in [0.15, 0.2) is 42.7 Å². The van der Waals surface area contributed by atoms with E-state index in [4.69, 9.17) is 5.73 Å². The highest BCUT2D eigenvalue weighted by Crippen LogP contribution is 2.28. The molecule has 0 saturated carbocycles. The van der Waals surface area contributed by atoms with Crippen LogP contribution in [-0.4, -0.2) is 9.55 Å². The minimum atomic E-state index is 0.681. The molecule has 19 heavy (non-hydrogen) atoms. The summed E-state index contributed by atoms with van der Waals surface area (Å²) < 4.78 is 2.10. The van der Waals surface area contributed by atoms with E-state index in [-0.39, 0.29) is 0 Å². The largest absolute Gasteiger partial charge is 0.397 e. The van der Waals surface area contributed by atoms with Gasteiger partial charge in [-0.15, -0.1) is 0 Å². The third-order valence-corrected chi connectivity index (χ3v) is 3.25. The third kappa shape index (κ3) is 2.01. The molecule has 0 aliphatic carbocycles. The van der Waals surface area contributed by atoms with Crippen molar-refractivity contribution in [3.05, 3.63) is 48.3 Å². The fraction of sp³-hybridized carbons (Fsp3) is 0.133. The van der Waals surface area contributed by atoms with Crippen LogP contribution >= 0.6 is 0 Å². The van der Waals surface area contributed by atoms with Crippen molar-refractivity contribution >= 4 is 28.1 Å². The van der Waals surface area contributed by atoms with Gasteiger partial charge in [0.15, 0.2) is 0 Å². The molecule has 4 nitrogen and oxygen atoms in total. The van der Waals surface area contributed by atoms with Crippen LogP contribution in [0, 0.1) is 6.92 Å². The van der Waals surface area contributed by atoms with Crippen LogP contribution < -0.4 is 11.1 Å². The van der Waals surface area contributed by atoms with Crippen LogP contribution in [0.3, 0.4) is 0 Å². The lowest BCUT2D eigenvalue weighted by atomic mass is 10.2. The first-order valence-corrected chi connectivity index (χ1v) is 6.18. The molecule has 3 rings (SSSR count). The molecule has 0 spiro atoms. The number of nitrogens with zero attached hydrogens (tertiary/aromatic N) is 2. The Morgan fingerprint density at radius 3 is 2.84 bits per heavy atom. The molecule has 1 aromatic carbocycles. The molecular formula is C15H16N4. The first-order valence-electron chi connectivity index (χ1n) is 6.18. The number of aromatic nitrogens is 2. The average molecular weight is 252 g/mol. The molecule has 96 valence electrons. The Hall–Kier alpha value is -2.49. The van der Waals surface area contributed by atoms with Gasteiger partial charge in [0.1, 0.15) is 5.82 Å². The number of para-hydroxylation sites is 1. The van der Waals surface area contributed by atoms with Gasteiger partial charge in [-0.05, 0) is 24.6 Å². The zero-order chi connectivity index (χ0) is 13.4. The number of nitrogen functional groups attached to an aromatic ring is 1. The monoisotopic (exact) mass is 252 g/mol. The Bertz CT molecular complexity index is 743. The zero-order valence-corrected chi connectivity index (χ0v) is 11.0. The maximum absolute atomic E-state index is 5.72. The second-order valence-corrected chi connectivity index (χ2v) is 4.73. The first-order chi connectivity index (χ1) is 9.15. The maximum Gasteiger partial charge on any atom is 0.133 e. The van der Waals surface area contributed by atoms with E-state index in [1.807, 2.05) is 32.2 Å². The SMILES string of the molecule is Cc1cc(N)cnc1Nc1cn(C)c2ccccc12. The summed E-state index contributed by atoms with van der Waals surface area (Å²) >= 11 is 0. The van der Waals surface area contributed by atoms with E-state index in [0.717, 1.165) is 17.1 Å². The number of aryl methyl sites for hydroxylation is 2. The number of hydrogen-bond acceptors (Lipinski definition) is 3. The topological polar surface area (TPSA) is 55.9 Å². The molecule has 4 heteroatoms. The van der Waals surface area contributed by atoms with Crippen LogP contribution in [0.2, 0.25) is 0 Å². The molecule has 0 unspecified atom stereocenters. The van der Waals surface area contributed by atoms with Crippen LogP contribution in [-0.2, 0) is 7.05 Å². The van der Waals surface area contributed by atoms with Gasteiger partial charge < -0.3 is 15.6 Å². The molecule has 2 aromatic heterocycles. The van der Waals surface area contributed by atoms with Crippen LogP contribution in [0.1, 0.15) is 5.56 Å². The van der Waals surface area contributed by atoms with Crippen molar-refractivity contribution < 1.29 is 0 Å². The van der Waals surface area contributed by atoms with Crippen molar-refractivity contribution in [2.24, 2.45) is 7.05 Å². The first kappa shape index (κ1) is 11.6. The average Bonchev–Trinajstić information content (AvgIpc) is 2.71. The minimum Gasteiger partial charge on any atom is -0.397 e. The summed E-state index contributed by atoms with van der Waals surface area (Å²) in [6, 6.07) is 10.2. The molecule has 0 radical (unpaired) electrons. The molecule has 0 aliphatic heterocycles. The van der Waals surface area contributed by atoms with Crippen LogP contribution in [0.4, 0.5) is 17.2 Å². The Morgan fingerprint density at radius 1 is 1.26 bits per heavy atom. The van der Waals surface area contributed by atoms with Crippen molar-refractivity contribution in [1.82, 2.24) is 9.55 Å². The van der Waals surface area contributed by atoms with Gasteiger partial charge in [-0.25, -0.2) is 4.98 Å². The van der Waals surface area contributed by atoms with E-state index in [2.05, 4.69) is 33.2 Å². The molecule has 0 atom stereocenters. The number of rotatable bonds is 2. The molecule has 0 fully saturated rings. The number of anilines is 3. The second kappa shape index (κ2) is 4.31. The predicted octanol–water partition coefficient (Wildman–Crippen LogP) is 3.21. The Labute approximate surface area is 111 Å². The van der Waals surface area contributed by atoms with E-state index < -0.39 is 0 Å². The number of pyridine rings is 1. The quantitative estimate of drug-likeness (QED) is 0.736. The van der Waals surface area contributed by atoms with Gasteiger partial charge in [0.25, 0.3) is 0 Å². The fourth-order valence-electron chi connectivity index (χ4n) is 2.30. The van der Waals surface area contributed by atoms with Crippen LogP contribution in [0.25, 0.3) is 10.9 Å². The molecule has 3 aromatic rings. The predicted molar refractivity (Wildman–Crippen MR) is 79.6 cm³/mol. The van der Waals surface area contributed by atoms with Crippen molar-refractivity contribution in [3.8, 4) is 0 Å². The summed E-state index contributed by atoms with van der Waals surface area (Å²) in [4.78, 5) is 4.34. The summed E-state index contributed by atoms with van der Waals surface area (Å²) in [5.74, 6) is 0.838. The molecule has 3 N–H and O–H groups in total. The Balaban J connectivity index is 2.06. The smallest absolute Gasteiger partial charge is 0.133 e. The highest BCUT2D eigenvalue weighted by atomic mass is 15.0. The number of nitrogens with one attached hydrogen (secondary N) is 1. The lowest BCUT2D eigenvalue weighted by Gasteiger charge is -2.07. The summed E-state index contributed by atoms with van der Waals surface area (Å²) in [6.07, 6.45) is 3.74. The van der Waals surface area contributed by atoms with Gasteiger partial charge in [0.05, 0.1) is 17.6 Å². The summed E-state index contributed by atoms with van der Waals surface area (Å²) in [5.41, 5.74) is 9.68. The fourth-order valence-corrected chi connectivity index (χ4v) is 2.30. The van der Waals surface area contributed by atoms with Gasteiger partial charge in [0, 0.05) is 24.1 Å². The summed E-state index contributed by atoms with van der Waals surface area (Å²) in [5, 5.41) is 4.56. The van der Waals surface area contributed by atoms with E-state index in [0.29, 0.717) is 5.69 Å². The summed E-state index contributed by atoms with van der Waals surface area (Å²) in [7, 11) is 2.04. The van der Waals surface area contributed by atoms with E-state index in [1.165, 1.54) is 10.9 Å². The zero-order valence-electron chi connectivity index (χ0n) is 11.0. The molecule has 0 amide bonds. The van der Waals surface area contributed by atoms with Gasteiger partial charge >= 0.3 is 0 Å². The van der Waals surface area contributed by atoms with Gasteiger partial charge in [0.2, 0.25) is 0 Å². The van der Waals surface area contributed by atoms with Gasteiger partial charge in [-0.1, -0.05) is 18.2 Å². The van der Waals surface area contributed by atoms with Crippen molar-refractivity contribution in [2.75, 3.05) is 11.1 Å². The maximum atomic E-state index is 5.72. The lowest BCUT2D eigenvalue weighted by Crippen LogP contribution is -1.97. The minimum absolute atomic E-state index is 0.681. The van der Waals surface area contributed by atoms with E-state index in [1.54, 1.807) is 6.20 Å². The molecule has 0 aliphatic rings. The van der Waals surface area contributed by atoms with Crippen molar-refractivity contribution in [2.45, 2.75) is 6.92 Å². The standard InChI is InChI=1S/C15H16N4/c1-10-7-11(16)8-17-15(10)18-13-9-19(2)14-6-4-3-5-12(13)14/h3-9H,16H2,1-2H3,(H,17,18). The van der Waals surface area contributed by atoms with Crippen molar-refractivity contribution in [3.63, 3.8) is 0 Å². The number of nitrogens with two attached hydrogens (primary N) is 1. The third-order valence-electron chi connectivity index (χ3n) is 3.25. The Morgan fingerprint density at radius 2 is 2.05 bits per heavy atom. The normalized spacial score (nSPS) is 10.8. The highest BCUT2D eigenvalue weighted by molar-refractivity contribution is 5.94. The van der Waals surface area contributed by atoms with Gasteiger partial charge in [-0.3, -0.25) is 0 Å². The molecule has 0 saturated heterocycles. The molecular weight excluding hydrogens is 236 g/mol. The molecule has 2 heterocycles. The number of benzene rings is 1.